The highest BCUT2D eigenvalue weighted by Gasteiger charge is 2.32. The lowest BCUT2D eigenvalue weighted by atomic mass is 10.1. The minimum absolute atomic E-state index is 0.0684. The summed E-state index contributed by atoms with van der Waals surface area (Å²) in [4.78, 5) is 25.3. The average Bonchev–Trinajstić information content (AvgIpc) is 3.52. The highest BCUT2D eigenvalue weighted by molar-refractivity contribution is 6.06. The topological polar surface area (TPSA) is 78.2 Å². The third kappa shape index (κ3) is 4.73. The lowest BCUT2D eigenvalue weighted by molar-refractivity contribution is -0.153. The first kappa shape index (κ1) is 22.5. The molecule has 0 bridgehead atoms. The fourth-order valence-electron chi connectivity index (χ4n) is 3.30. The molecule has 12 heteroatoms. The number of ether oxygens (including phenoxy) is 1. The summed E-state index contributed by atoms with van der Waals surface area (Å²) >= 11 is 0. The van der Waals surface area contributed by atoms with Gasteiger partial charge in [0.1, 0.15) is 28.9 Å². The number of halogens is 5. The Morgan fingerprint density at radius 1 is 1.18 bits per heavy atom. The van der Waals surface area contributed by atoms with Gasteiger partial charge >= 0.3 is 11.9 Å². The maximum atomic E-state index is 15.0. The molecule has 1 fully saturated rings. The normalized spacial score (nSPS) is 13.8. The van der Waals surface area contributed by atoms with E-state index in [4.69, 9.17) is 4.74 Å². The number of aromatic nitrogens is 3. The molecule has 1 N–H and O–H groups in total. The number of carbonyl (C=O) groups excluding carboxylic acids is 1. The van der Waals surface area contributed by atoms with E-state index in [0.29, 0.717) is 16.6 Å². The Bertz CT molecular complexity index is 1280. The molecule has 0 saturated heterocycles. The molecule has 0 radical (unpaired) electrons. The molecular weight excluding hydrogens is 451 g/mol. The maximum absolute atomic E-state index is 15.0. The molecular formula is C21H17F5N4O3. The van der Waals surface area contributed by atoms with E-state index >= 15 is 0 Å². The maximum Gasteiger partial charge on any atom is 0.422 e. The zero-order valence-corrected chi connectivity index (χ0v) is 17.1. The summed E-state index contributed by atoms with van der Waals surface area (Å²) in [6, 6.07) is 6.43. The predicted octanol–water partition coefficient (Wildman–Crippen LogP) is 4.15. The molecule has 1 aromatic heterocycles. The minimum Gasteiger partial charge on any atom is -0.483 e. The minimum atomic E-state index is -4.76. The third-order valence-electron chi connectivity index (χ3n) is 4.93. The number of nitrogens with one attached hydrogen (secondary N) is 1. The number of nitrogens with zero attached hydrogens (tertiary/aromatic N) is 3. The molecule has 1 aliphatic rings. The van der Waals surface area contributed by atoms with Crippen LogP contribution in [-0.4, -0.2) is 33.0 Å². The van der Waals surface area contributed by atoms with Crippen molar-refractivity contribution in [1.29, 1.82) is 0 Å². The number of benzene rings is 2. The van der Waals surface area contributed by atoms with Crippen molar-refractivity contribution in [3.8, 4) is 11.4 Å². The number of carbonyl (C=O) groups is 1. The van der Waals surface area contributed by atoms with Gasteiger partial charge in [0.15, 0.2) is 6.61 Å². The molecule has 3 aromatic rings. The van der Waals surface area contributed by atoms with E-state index in [1.54, 1.807) is 6.92 Å². The first-order chi connectivity index (χ1) is 15.5. The molecule has 1 heterocycles. The summed E-state index contributed by atoms with van der Waals surface area (Å²) in [5.74, 6) is -3.34. The summed E-state index contributed by atoms with van der Waals surface area (Å²) in [5.41, 5.74) is -2.03. The van der Waals surface area contributed by atoms with Crippen LogP contribution in [0.15, 0.2) is 41.2 Å². The third-order valence-corrected chi connectivity index (χ3v) is 4.93. The van der Waals surface area contributed by atoms with Gasteiger partial charge in [-0.25, -0.2) is 13.6 Å². The smallest absolute Gasteiger partial charge is 0.422 e. The van der Waals surface area contributed by atoms with Crippen LogP contribution in [0.25, 0.3) is 5.69 Å². The van der Waals surface area contributed by atoms with Gasteiger partial charge in [-0.15, -0.1) is 0 Å². The Hall–Kier alpha value is -3.70. The zero-order valence-electron chi connectivity index (χ0n) is 17.1. The molecule has 0 atom stereocenters. The fourth-order valence-corrected chi connectivity index (χ4v) is 3.30. The van der Waals surface area contributed by atoms with Gasteiger partial charge in [-0.2, -0.15) is 23.0 Å². The molecule has 0 spiro atoms. The van der Waals surface area contributed by atoms with E-state index in [2.05, 4.69) is 10.4 Å². The Morgan fingerprint density at radius 3 is 2.52 bits per heavy atom. The van der Waals surface area contributed by atoms with Crippen LogP contribution >= 0.6 is 0 Å². The van der Waals surface area contributed by atoms with Gasteiger partial charge in [0.25, 0.3) is 5.91 Å². The predicted molar refractivity (Wildman–Crippen MR) is 107 cm³/mol. The van der Waals surface area contributed by atoms with Crippen LogP contribution in [0.3, 0.4) is 0 Å². The zero-order chi connectivity index (χ0) is 23.9. The molecule has 1 aliphatic carbocycles. The van der Waals surface area contributed by atoms with E-state index in [-0.39, 0.29) is 11.7 Å². The molecule has 33 heavy (non-hydrogen) atoms. The number of hydrogen-bond acceptors (Lipinski definition) is 4. The van der Waals surface area contributed by atoms with Crippen molar-refractivity contribution in [2.75, 3.05) is 11.9 Å². The Labute approximate surface area is 183 Å². The largest absolute Gasteiger partial charge is 0.483 e. The standard InChI is InChI=1S/C21H17F5N4O3/c1-11-28-30(20(32)29(11)12-6-7-12)17-9-18(33-10-21(24,25)26)13(8-15(17)23)19(31)27-16-5-3-2-4-14(16)22/h2-5,8-9,12H,6-7,10H2,1H3,(H,27,31). The molecule has 0 aliphatic heterocycles. The second-order valence-electron chi connectivity index (χ2n) is 7.48. The molecule has 2 aromatic carbocycles. The highest BCUT2D eigenvalue weighted by Crippen LogP contribution is 2.34. The van der Waals surface area contributed by atoms with Gasteiger partial charge in [0.2, 0.25) is 0 Å². The van der Waals surface area contributed by atoms with Crippen LogP contribution in [0.5, 0.6) is 5.75 Å². The van der Waals surface area contributed by atoms with Gasteiger partial charge in [0.05, 0.1) is 11.3 Å². The van der Waals surface area contributed by atoms with Crippen molar-refractivity contribution in [1.82, 2.24) is 14.3 Å². The Morgan fingerprint density at radius 2 is 1.88 bits per heavy atom. The summed E-state index contributed by atoms with van der Waals surface area (Å²) in [6.45, 7) is -0.228. The number of rotatable bonds is 6. The molecule has 4 rings (SSSR count). The molecule has 1 saturated carbocycles. The Kier molecular flexibility index (Phi) is 5.68. The van der Waals surface area contributed by atoms with E-state index in [1.807, 2.05) is 0 Å². The van der Waals surface area contributed by atoms with Crippen LogP contribution < -0.4 is 15.7 Å². The SMILES string of the molecule is Cc1nn(-c2cc(OCC(F)(F)F)c(C(=O)Nc3ccccc3F)cc2F)c(=O)n1C1CC1. The van der Waals surface area contributed by atoms with Crippen molar-refractivity contribution in [2.24, 2.45) is 0 Å². The number of alkyl halides is 3. The van der Waals surface area contributed by atoms with Gasteiger partial charge in [-0.3, -0.25) is 9.36 Å². The lowest BCUT2D eigenvalue weighted by Gasteiger charge is -2.15. The van der Waals surface area contributed by atoms with Gasteiger partial charge < -0.3 is 10.1 Å². The molecule has 0 unspecified atom stereocenters. The van der Waals surface area contributed by atoms with Crippen LogP contribution in [0, 0.1) is 18.6 Å². The van der Waals surface area contributed by atoms with Crippen LogP contribution in [0.2, 0.25) is 0 Å². The van der Waals surface area contributed by atoms with E-state index in [0.717, 1.165) is 25.0 Å². The molecule has 1 amide bonds. The lowest BCUT2D eigenvalue weighted by Crippen LogP contribution is -2.25. The summed E-state index contributed by atoms with van der Waals surface area (Å²) in [7, 11) is 0. The number of amides is 1. The fraction of sp³-hybridized carbons (Fsp3) is 0.286. The molecule has 7 nitrogen and oxygen atoms in total. The van der Waals surface area contributed by atoms with Gasteiger partial charge in [-0.1, -0.05) is 12.1 Å². The highest BCUT2D eigenvalue weighted by atomic mass is 19.4. The average molecular weight is 468 g/mol. The van der Waals surface area contributed by atoms with Crippen molar-refractivity contribution in [2.45, 2.75) is 32.0 Å². The van der Waals surface area contributed by atoms with Crippen LogP contribution in [0.1, 0.15) is 35.1 Å². The van der Waals surface area contributed by atoms with E-state index in [9.17, 15) is 31.5 Å². The quantitative estimate of drug-likeness (QED) is 0.552. The number of aryl methyl sites for hydroxylation is 1. The summed E-state index contributed by atoms with van der Waals surface area (Å²) in [5, 5.41) is 6.17. The van der Waals surface area contributed by atoms with Crippen LogP contribution in [0.4, 0.5) is 27.6 Å². The monoisotopic (exact) mass is 468 g/mol. The van der Waals surface area contributed by atoms with Crippen molar-refractivity contribution >= 4 is 11.6 Å². The van der Waals surface area contributed by atoms with Crippen molar-refractivity contribution < 1.29 is 31.5 Å². The van der Waals surface area contributed by atoms with Gasteiger partial charge in [-0.05, 0) is 38.0 Å². The van der Waals surface area contributed by atoms with Crippen LogP contribution in [-0.2, 0) is 0 Å². The first-order valence-electron chi connectivity index (χ1n) is 9.82. The van der Waals surface area contributed by atoms with E-state index in [1.165, 1.54) is 22.8 Å². The summed E-state index contributed by atoms with van der Waals surface area (Å²) < 4.78 is 74.0. The molecule has 174 valence electrons. The Balaban J connectivity index is 1.76. The number of hydrogen-bond donors (Lipinski definition) is 1. The second-order valence-corrected chi connectivity index (χ2v) is 7.48. The number of anilines is 1. The number of para-hydroxylation sites is 1. The second kappa shape index (κ2) is 8.34. The van der Waals surface area contributed by atoms with Crippen molar-refractivity contribution in [3.63, 3.8) is 0 Å². The summed E-state index contributed by atoms with van der Waals surface area (Å²) in [6.07, 6.45) is -3.25. The first-order valence-corrected chi connectivity index (χ1v) is 9.82. The van der Waals surface area contributed by atoms with E-state index < -0.39 is 53.0 Å². The van der Waals surface area contributed by atoms with Crippen molar-refractivity contribution in [3.05, 3.63) is 69.9 Å². The van der Waals surface area contributed by atoms with Gasteiger partial charge in [0, 0.05) is 12.1 Å².